The van der Waals surface area contributed by atoms with Crippen molar-refractivity contribution in [2.24, 2.45) is 5.10 Å². The van der Waals surface area contributed by atoms with Crippen LogP contribution in [-0.4, -0.2) is 18.7 Å². The van der Waals surface area contributed by atoms with Crippen LogP contribution in [0.25, 0.3) is 6.08 Å². The maximum atomic E-state index is 11.7. The average Bonchev–Trinajstić information content (AvgIpc) is 2.61. The van der Waals surface area contributed by atoms with Crippen LogP contribution in [0.1, 0.15) is 11.1 Å². The van der Waals surface area contributed by atoms with E-state index in [1.165, 1.54) is 6.21 Å². The lowest BCUT2D eigenvalue weighted by Gasteiger charge is -2.06. The number of amides is 1. The molecule has 0 bridgehead atoms. The Labute approximate surface area is 144 Å². The maximum Gasteiger partial charge on any atom is 0.277 e. The fourth-order valence-corrected chi connectivity index (χ4v) is 1.95. The summed E-state index contributed by atoms with van der Waals surface area (Å²) in [6.45, 7) is -0.254. The van der Waals surface area contributed by atoms with Gasteiger partial charge in [0.05, 0.1) is 16.8 Å². The molecule has 120 valence electrons. The van der Waals surface area contributed by atoms with Crippen molar-refractivity contribution >= 4 is 29.8 Å². The third kappa shape index (κ3) is 5.59. The lowest BCUT2D eigenvalue weighted by atomic mass is 10.2. The molecule has 1 N–H and O–H groups in total. The van der Waals surface area contributed by atoms with Crippen LogP contribution >= 0.6 is 11.6 Å². The highest BCUT2D eigenvalue weighted by Crippen LogP contribution is 2.16. The summed E-state index contributed by atoms with van der Waals surface area (Å²) in [6.07, 6.45) is 3.05. The quantitative estimate of drug-likeness (QED) is 0.648. The van der Waals surface area contributed by atoms with Crippen LogP contribution in [0.4, 0.5) is 0 Å². The molecule has 0 aromatic heterocycles. The molecule has 2 aromatic carbocycles. The van der Waals surface area contributed by atoms with E-state index in [0.29, 0.717) is 16.3 Å². The molecule has 0 aliphatic rings. The van der Waals surface area contributed by atoms with E-state index in [4.69, 9.17) is 21.6 Å². The number of rotatable bonds is 6. The zero-order valence-electron chi connectivity index (χ0n) is 12.6. The lowest BCUT2D eigenvalue weighted by molar-refractivity contribution is -0.123. The Morgan fingerprint density at radius 3 is 2.67 bits per heavy atom. The minimum absolute atomic E-state index is 0.254. The molecule has 0 spiro atoms. The second-order valence-corrected chi connectivity index (χ2v) is 5.07. The molecule has 0 unspecified atom stereocenters. The number of carbonyl (C=O) groups excluding carboxylic acids is 1. The van der Waals surface area contributed by atoms with Crippen molar-refractivity contribution in [3.05, 3.63) is 70.8 Å². The molecular formula is C18H14ClN3O2. The van der Waals surface area contributed by atoms with Crippen molar-refractivity contribution < 1.29 is 9.53 Å². The number of para-hydroxylation sites is 1. The lowest BCUT2D eigenvalue weighted by Crippen LogP contribution is -2.24. The van der Waals surface area contributed by atoms with Crippen LogP contribution in [0.5, 0.6) is 5.75 Å². The molecule has 0 aliphatic carbocycles. The smallest absolute Gasteiger partial charge is 0.277 e. The van der Waals surface area contributed by atoms with Crippen molar-refractivity contribution in [2.45, 2.75) is 0 Å². The normalized spacial score (nSPS) is 11.1. The summed E-state index contributed by atoms with van der Waals surface area (Å²) in [7, 11) is 0. The van der Waals surface area contributed by atoms with E-state index in [9.17, 15) is 4.79 Å². The molecule has 0 fully saturated rings. The molecular weight excluding hydrogens is 326 g/mol. The van der Waals surface area contributed by atoms with Crippen LogP contribution in [0.2, 0.25) is 0 Å². The number of carbonyl (C=O) groups is 1. The number of halogens is 1. The van der Waals surface area contributed by atoms with Crippen molar-refractivity contribution in [3.63, 3.8) is 0 Å². The predicted molar refractivity (Wildman–Crippen MR) is 93.6 cm³/mol. The van der Waals surface area contributed by atoms with Crippen LogP contribution in [0.15, 0.2) is 64.7 Å². The number of nitrogens with zero attached hydrogens (tertiary/aromatic N) is 2. The highest BCUT2D eigenvalue weighted by Gasteiger charge is 2.05. The fraction of sp³-hybridized carbons (Fsp3) is 0.0556. The van der Waals surface area contributed by atoms with Crippen molar-refractivity contribution in [1.29, 1.82) is 5.26 Å². The van der Waals surface area contributed by atoms with Crippen LogP contribution in [0, 0.1) is 11.3 Å². The van der Waals surface area contributed by atoms with Gasteiger partial charge in [-0.3, -0.25) is 4.79 Å². The first kappa shape index (κ1) is 17.3. The van der Waals surface area contributed by atoms with Gasteiger partial charge in [-0.2, -0.15) is 10.4 Å². The summed E-state index contributed by atoms with van der Waals surface area (Å²) in [4.78, 5) is 11.7. The SMILES string of the molecule is N#Cc1ccccc1OCC(=O)N/N=C\C(Cl)=C\c1ccccc1. The molecule has 2 rings (SSSR count). The van der Waals surface area contributed by atoms with Crippen molar-refractivity contribution in [1.82, 2.24) is 5.43 Å². The van der Waals surface area contributed by atoms with Crippen LogP contribution in [0.3, 0.4) is 0 Å². The number of benzene rings is 2. The Morgan fingerprint density at radius 1 is 1.21 bits per heavy atom. The van der Waals surface area contributed by atoms with E-state index in [0.717, 1.165) is 5.56 Å². The van der Waals surface area contributed by atoms with E-state index in [1.54, 1.807) is 30.3 Å². The van der Waals surface area contributed by atoms with Gasteiger partial charge in [0.15, 0.2) is 6.61 Å². The Balaban J connectivity index is 1.83. The number of nitrogens with one attached hydrogen (secondary N) is 1. The Hall–Kier alpha value is -3.10. The first-order valence-corrected chi connectivity index (χ1v) is 7.43. The first-order chi connectivity index (χ1) is 11.7. The Morgan fingerprint density at radius 2 is 1.92 bits per heavy atom. The summed E-state index contributed by atoms with van der Waals surface area (Å²) in [5.74, 6) is -0.107. The molecule has 0 saturated heterocycles. The third-order valence-electron chi connectivity index (χ3n) is 2.85. The minimum atomic E-state index is -0.455. The molecule has 0 heterocycles. The summed E-state index contributed by atoms with van der Waals surface area (Å²) in [6, 6.07) is 18.2. The summed E-state index contributed by atoms with van der Waals surface area (Å²) >= 11 is 6.00. The van der Waals surface area contributed by atoms with E-state index < -0.39 is 5.91 Å². The molecule has 24 heavy (non-hydrogen) atoms. The number of hydrazone groups is 1. The second-order valence-electron chi connectivity index (χ2n) is 4.63. The molecule has 6 heteroatoms. The minimum Gasteiger partial charge on any atom is -0.482 e. The molecule has 0 aliphatic heterocycles. The highest BCUT2D eigenvalue weighted by molar-refractivity contribution is 6.41. The van der Waals surface area contributed by atoms with E-state index in [-0.39, 0.29) is 6.61 Å². The van der Waals surface area contributed by atoms with Gasteiger partial charge in [0.1, 0.15) is 11.8 Å². The zero-order chi connectivity index (χ0) is 17.2. The van der Waals surface area contributed by atoms with Crippen molar-refractivity contribution in [2.75, 3.05) is 6.61 Å². The van der Waals surface area contributed by atoms with E-state index >= 15 is 0 Å². The van der Waals surface area contributed by atoms with Crippen LogP contribution in [-0.2, 0) is 4.79 Å². The van der Waals surface area contributed by atoms with Gasteiger partial charge >= 0.3 is 0 Å². The van der Waals surface area contributed by atoms with Crippen LogP contribution < -0.4 is 10.2 Å². The number of ether oxygens (including phenoxy) is 1. The molecule has 0 saturated carbocycles. The molecule has 0 radical (unpaired) electrons. The first-order valence-electron chi connectivity index (χ1n) is 7.05. The number of nitriles is 1. The van der Waals surface area contributed by atoms with E-state index in [2.05, 4.69) is 10.5 Å². The number of allylic oxidation sites excluding steroid dienone is 1. The second kappa shape index (κ2) is 9.13. The molecule has 1 amide bonds. The third-order valence-corrected chi connectivity index (χ3v) is 3.05. The number of hydrogen-bond acceptors (Lipinski definition) is 4. The van der Waals surface area contributed by atoms with Gasteiger partial charge in [0.2, 0.25) is 0 Å². The average molecular weight is 340 g/mol. The standard InChI is InChI=1S/C18H14ClN3O2/c19-16(10-14-6-2-1-3-7-14)12-21-22-18(23)13-24-17-9-5-4-8-15(17)11-20/h1-10,12H,13H2,(H,22,23)/b16-10-,21-12-. The maximum absolute atomic E-state index is 11.7. The topological polar surface area (TPSA) is 74.5 Å². The zero-order valence-corrected chi connectivity index (χ0v) is 13.4. The van der Waals surface area contributed by atoms with Gasteiger partial charge in [-0.15, -0.1) is 0 Å². The fourth-order valence-electron chi connectivity index (χ4n) is 1.77. The van der Waals surface area contributed by atoms with Gasteiger partial charge < -0.3 is 4.74 Å². The molecule has 2 aromatic rings. The largest absolute Gasteiger partial charge is 0.482 e. The van der Waals surface area contributed by atoms with Gasteiger partial charge in [0, 0.05) is 0 Å². The Bertz CT molecular complexity index is 795. The van der Waals surface area contributed by atoms with Gasteiger partial charge in [-0.25, -0.2) is 5.43 Å². The van der Waals surface area contributed by atoms with Crippen molar-refractivity contribution in [3.8, 4) is 11.8 Å². The van der Waals surface area contributed by atoms with Gasteiger partial charge in [-0.05, 0) is 23.8 Å². The predicted octanol–water partition coefficient (Wildman–Crippen LogP) is 3.32. The van der Waals surface area contributed by atoms with E-state index in [1.807, 2.05) is 36.4 Å². The highest BCUT2D eigenvalue weighted by atomic mass is 35.5. The summed E-state index contributed by atoms with van der Waals surface area (Å²) < 4.78 is 5.29. The summed E-state index contributed by atoms with van der Waals surface area (Å²) in [5.41, 5.74) is 3.60. The molecule has 5 nitrogen and oxygen atoms in total. The number of hydrogen-bond donors (Lipinski definition) is 1. The Kier molecular flexibility index (Phi) is 6.57. The van der Waals surface area contributed by atoms with Gasteiger partial charge in [0.25, 0.3) is 5.91 Å². The molecule has 0 atom stereocenters. The monoisotopic (exact) mass is 339 g/mol. The van der Waals surface area contributed by atoms with Gasteiger partial charge in [-0.1, -0.05) is 54.1 Å². The summed E-state index contributed by atoms with van der Waals surface area (Å²) in [5, 5.41) is 13.1.